The molecule has 0 bridgehead atoms. The summed E-state index contributed by atoms with van der Waals surface area (Å²) in [4.78, 5) is 18.4. The molecule has 7 heteroatoms. The van der Waals surface area contributed by atoms with Crippen molar-refractivity contribution in [3.8, 4) is 10.6 Å². The maximum Gasteiger partial charge on any atom is 0.260 e. The van der Waals surface area contributed by atoms with E-state index >= 15 is 0 Å². The zero-order valence-electron chi connectivity index (χ0n) is 13.0. The molecular formula is C17H15FN4OS. The number of halogens is 1. The molecule has 122 valence electrons. The van der Waals surface area contributed by atoms with E-state index in [0.717, 1.165) is 12.0 Å². The van der Waals surface area contributed by atoms with Gasteiger partial charge in [0.25, 0.3) is 5.91 Å². The van der Waals surface area contributed by atoms with Gasteiger partial charge < -0.3 is 0 Å². The molecule has 3 rings (SSSR count). The van der Waals surface area contributed by atoms with Gasteiger partial charge in [-0.15, -0.1) is 10.2 Å². The lowest BCUT2D eigenvalue weighted by Crippen LogP contribution is -2.31. The van der Waals surface area contributed by atoms with Gasteiger partial charge in [0.05, 0.1) is 0 Å². The molecule has 1 amide bonds. The highest BCUT2D eigenvalue weighted by molar-refractivity contribution is 7.18. The molecule has 0 N–H and O–H groups in total. The first-order chi connectivity index (χ1) is 11.7. The fourth-order valence-corrected chi connectivity index (χ4v) is 3.05. The third kappa shape index (κ3) is 3.46. The summed E-state index contributed by atoms with van der Waals surface area (Å²) in [6, 6.07) is 9.22. The molecule has 24 heavy (non-hydrogen) atoms. The summed E-state index contributed by atoms with van der Waals surface area (Å²) in [5.41, 5.74) is 1.27. The van der Waals surface area contributed by atoms with Gasteiger partial charge in [-0.05, 0) is 42.8 Å². The van der Waals surface area contributed by atoms with Crippen molar-refractivity contribution < 1.29 is 9.18 Å². The number of aromatic nitrogens is 3. The Balaban J connectivity index is 1.90. The summed E-state index contributed by atoms with van der Waals surface area (Å²) in [7, 11) is 0. The molecule has 0 spiro atoms. The summed E-state index contributed by atoms with van der Waals surface area (Å²) in [5, 5.41) is 9.52. The molecule has 0 fully saturated rings. The Morgan fingerprint density at radius 3 is 2.67 bits per heavy atom. The van der Waals surface area contributed by atoms with E-state index < -0.39 is 0 Å². The van der Waals surface area contributed by atoms with Crippen molar-refractivity contribution in [2.24, 2.45) is 0 Å². The first-order valence-corrected chi connectivity index (χ1v) is 8.32. The van der Waals surface area contributed by atoms with Crippen LogP contribution in [0.1, 0.15) is 23.7 Å². The average molecular weight is 342 g/mol. The maximum absolute atomic E-state index is 13.1. The highest BCUT2D eigenvalue weighted by Crippen LogP contribution is 2.29. The fraction of sp³-hybridized carbons (Fsp3) is 0.176. The number of hydrogen-bond donors (Lipinski definition) is 0. The Morgan fingerprint density at radius 1 is 1.21 bits per heavy atom. The molecule has 5 nitrogen and oxygen atoms in total. The lowest BCUT2D eigenvalue weighted by Gasteiger charge is -2.18. The maximum atomic E-state index is 13.1. The van der Waals surface area contributed by atoms with Crippen LogP contribution in [-0.2, 0) is 0 Å². The molecule has 3 aromatic rings. The SMILES string of the molecule is CCCN(C(=O)c1ccc(F)cc1)c1nnc(-c2cccnc2)s1. The molecular weight excluding hydrogens is 327 g/mol. The van der Waals surface area contributed by atoms with Crippen LogP contribution in [0.3, 0.4) is 0 Å². The molecule has 0 unspecified atom stereocenters. The summed E-state index contributed by atoms with van der Waals surface area (Å²) >= 11 is 1.33. The lowest BCUT2D eigenvalue weighted by molar-refractivity contribution is 0.0986. The van der Waals surface area contributed by atoms with Crippen molar-refractivity contribution in [3.63, 3.8) is 0 Å². The zero-order chi connectivity index (χ0) is 16.9. The fourth-order valence-electron chi connectivity index (χ4n) is 2.19. The molecule has 0 saturated heterocycles. The second kappa shape index (κ2) is 7.27. The summed E-state index contributed by atoms with van der Waals surface area (Å²) in [6.45, 7) is 2.49. The smallest absolute Gasteiger partial charge is 0.260 e. The average Bonchev–Trinajstić information content (AvgIpc) is 3.10. The van der Waals surface area contributed by atoms with Crippen molar-refractivity contribution in [2.75, 3.05) is 11.4 Å². The monoisotopic (exact) mass is 342 g/mol. The topological polar surface area (TPSA) is 59.0 Å². The standard InChI is InChI=1S/C17H15FN4OS/c1-2-10-22(16(23)12-5-7-14(18)8-6-12)17-21-20-15(24-17)13-4-3-9-19-11-13/h3-9,11H,2,10H2,1H3. The number of anilines is 1. The number of amides is 1. The Bertz CT molecular complexity index is 820. The van der Waals surface area contributed by atoms with Gasteiger partial charge in [0, 0.05) is 30.1 Å². The largest absolute Gasteiger partial charge is 0.283 e. The van der Waals surface area contributed by atoms with Crippen LogP contribution in [0, 0.1) is 5.82 Å². The Kier molecular flexibility index (Phi) is 4.90. The van der Waals surface area contributed by atoms with Crippen molar-refractivity contribution >= 4 is 22.4 Å². The van der Waals surface area contributed by atoms with Crippen LogP contribution >= 0.6 is 11.3 Å². The van der Waals surface area contributed by atoms with Crippen LogP contribution in [0.15, 0.2) is 48.8 Å². The van der Waals surface area contributed by atoms with Crippen LogP contribution < -0.4 is 4.90 Å². The lowest BCUT2D eigenvalue weighted by atomic mass is 10.2. The molecule has 0 atom stereocenters. The van der Waals surface area contributed by atoms with E-state index in [9.17, 15) is 9.18 Å². The summed E-state index contributed by atoms with van der Waals surface area (Å²) in [6.07, 6.45) is 4.16. The minimum absolute atomic E-state index is 0.217. The van der Waals surface area contributed by atoms with E-state index in [-0.39, 0.29) is 11.7 Å². The highest BCUT2D eigenvalue weighted by atomic mass is 32.1. The molecule has 0 radical (unpaired) electrons. The first kappa shape index (κ1) is 16.2. The van der Waals surface area contributed by atoms with Crippen LogP contribution in [0.25, 0.3) is 10.6 Å². The zero-order valence-corrected chi connectivity index (χ0v) is 13.8. The van der Waals surface area contributed by atoms with Gasteiger partial charge >= 0.3 is 0 Å². The Labute approximate surface area is 142 Å². The van der Waals surface area contributed by atoms with Crippen LogP contribution in [0.4, 0.5) is 9.52 Å². The molecule has 0 aliphatic rings. The van der Waals surface area contributed by atoms with Gasteiger partial charge in [-0.2, -0.15) is 0 Å². The third-order valence-electron chi connectivity index (χ3n) is 3.34. The van der Waals surface area contributed by atoms with E-state index in [2.05, 4.69) is 15.2 Å². The van der Waals surface area contributed by atoms with Crippen LogP contribution in [-0.4, -0.2) is 27.6 Å². The number of carbonyl (C=O) groups excluding carboxylic acids is 1. The highest BCUT2D eigenvalue weighted by Gasteiger charge is 2.21. The quantitative estimate of drug-likeness (QED) is 0.708. The molecule has 2 aromatic heterocycles. The second-order valence-corrected chi connectivity index (χ2v) is 6.05. The minimum atomic E-state index is -0.372. The number of nitrogens with zero attached hydrogens (tertiary/aromatic N) is 4. The predicted molar refractivity (Wildman–Crippen MR) is 91.5 cm³/mol. The van der Waals surface area contributed by atoms with Gasteiger partial charge in [0.15, 0.2) is 5.01 Å². The Hall–Kier alpha value is -2.67. The number of benzene rings is 1. The van der Waals surface area contributed by atoms with Gasteiger partial charge in [-0.25, -0.2) is 4.39 Å². The number of rotatable bonds is 5. The normalized spacial score (nSPS) is 10.6. The van der Waals surface area contributed by atoms with Crippen molar-refractivity contribution in [3.05, 3.63) is 60.2 Å². The van der Waals surface area contributed by atoms with E-state index in [0.29, 0.717) is 22.2 Å². The van der Waals surface area contributed by atoms with E-state index in [1.165, 1.54) is 35.6 Å². The third-order valence-corrected chi connectivity index (χ3v) is 4.33. The first-order valence-electron chi connectivity index (χ1n) is 7.50. The van der Waals surface area contributed by atoms with Crippen molar-refractivity contribution in [1.29, 1.82) is 0 Å². The Morgan fingerprint density at radius 2 is 2.00 bits per heavy atom. The van der Waals surface area contributed by atoms with Crippen molar-refractivity contribution in [2.45, 2.75) is 13.3 Å². The number of hydrogen-bond acceptors (Lipinski definition) is 5. The van der Waals surface area contributed by atoms with Crippen LogP contribution in [0.2, 0.25) is 0 Å². The van der Waals surface area contributed by atoms with E-state index in [1.54, 1.807) is 17.3 Å². The van der Waals surface area contributed by atoms with E-state index in [1.807, 2.05) is 19.1 Å². The molecule has 2 heterocycles. The number of carbonyl (C=O) groups is 1. The van der Waals surface area contributed by atoms with Gasteiger partial charge in [0.2, 0.25) is 5.13 Å². The summed E-state index contributed by atoms with van der Waals surface area (Å²) < 4.78 is 13.1. The molecule has 1 aromatic carbocycles. The van der Waals surface area contributed by atoms with Gasteiger partial charge in [-0.3, -0.25) is 14.7 Å². The number of pyridine rings is 1. The van der Waals surface area contributed by atoms with Crippen molar-refractivity contribution in [1.82, 2.24) is 15.2 Å². The van der Waals surface area contributed by atoms with Gasteiger partial charge in [0.1, 0.15) is 5.82 Å². The van der Waals surface area contributed by atoms with Crippen LogP contribution in [0.5, 0.6) is 0 Å². The predicted octanol–water partition coefficient (Wildman–Crippen LogP) is 3.80. The summed E-state index contributed by atoms with van der Waals surface area (Å²) in [5.74, 6) is -0.589. The molecule has 0 aliphatic carbocycles. The molecule has 0 aliphatic heterocycles. The van der Waals surface area contributed by atoms with Gasteiger partial charge in [-0.1, -0.05) is 18.3 Å². The second-order valence-electron chi connectivity index (χ2n) is 5.10. The molecule has 0 saturated carbocycles. The minimum Gasteiger partial charge on any atom is -0.283 e. The van der Waals surface area contributed by atoms with E-state index in [4.69, 9.17) is 0 Å².